The highest BCUT2D eigenvalue weighted by Crippen LogP contribution is 2.41. The number of rotatable bonds is 13. The van der Waals surface area contributed by atoms with Crippen LogP contribution in [0.15, 0.2) is 42.3 Å². The Hall–Kier alpha value is -1.35. The lowest BCUT2D eigenvalue weighted by Gasteiger charge is -2.18. The third-order valence-corrected chi connectivity index (χ3v) is 6.61. The van der Waals surface area contributed by atoms with E-state index in [1.165, 1.54) is 37.3 Å². The summed E-state index contributed by atoms with van der Waals surface area (Å²) in [5.41, 5.74) is 4.32. The van der Waals surface area contributed by atoms with Crippen LogP contribution in [0.5, 0.6) is 0 Å². The van der Waals surface area contributed by atoms with Crippen molar-refractivity contribution in [2.45, 2.75) is 85.5 Å². The van der Waals surface area contributed by atoms with Gasteiger partial charge < -0.3 is 0 Å². The fraction of sp³-hybridized carbons (Fsp3) is 0.538. The van der Waals surface area contributed by atoms with E-state index in [0.717, 1.165) is 60.6 Å². The first-order valence-electron chi connectivity index (χ1n) is 10.9. The van der Waals surface area contributed by atoms with Crippen LogP contribution in [0.25, 0.3) is 10.5 Å². The molecule has 0 unspecified atom stereocenters. The van der Waals surface area contributed by atoms with Crippen LogP contribution >= 0.6 is 11.8 Å². The van der Waals surface area contributed by atoms with Crippen molar-refractivity contribution in [2.24, 2.45) is 5.92 Å². The van der Waals surface area contributed by atoms with Crippen molar-refractivity contribution >= 4 is 22.2 Å². The molecule has 0 bridgehead atoms. The van der Waals surface area contributed by atoms with Crippen LogP contribution in [0, 0.1) is 5.92 Å². The van der Waals surface area contributed by atoms with E-state index in [1.807, 2.05) is 6.07 Å². The highest BCUT2D eigenvalue weighted by atomic mass is 32.2. The molecule has 1 aromatic carbocycles. The number of alkyl halides is 2. The number of halogens is 2. The minimum absolute atomic E-state index is 0.0368. The van der Waals surface area contributed by atoms with Crippen molar-refractivity contribution in [1.29, 1.82) is 0 Å². The highest BCUT2D eigenvalue weighted by molar-refractivity contribution is 8.11. The second-order valence-electron chi connectivity index (χ2n) is 7.92. The molecule has 0 saturated heterocycles. The standard InChI is InChI=1S/C26H38F2S/c1-8-12-21(13-9-2)14-15-22-16-23(19(5)10-3)18-24(17-22)20(6)29-25(11-4)26(7,27)28/h11,16-18,21H,5-6,8-10,12-15H2,1-4,7H3/b25-11-. The third kappa shape index (κ3) is 8.50. The van der Waals surface area contributed by atoms with Gasteiger partial charge in [-0.15, -0.1) is 0 Å². The molecule has 3 heteroatoms. The maximum Gasteiger partial charge on any atom is 0.276 e. The number of hydrogen-bond acceptors (Lipinski definition) is 1. The zero-order valence-electron chi connectivity index (χ0n) is 18.9. The lowest BCUT2D eigenvalue weighted by atomic mass is 9.90. The predicted octanol–water partition coefficient (Wildman–Crippen LogP) is 9.52. The number of thioether (sulfide) groups is 1. The van der Waals surface area contributed by atoms with Crippen molar-refractivity contribution in [2.75, 3.05) is 0 Å². The number of aryl methyl sites for hydroxylation is 1. The van der Waals surface area contributed by atoms with Crippen LogP contribution in [0.2, 0.25) is 0 Å². The van der Waals surface area contributed by atoms with Gasteiger partial charge in [-0.25, -0.2) is 8.78 Å². The molecule has 0 aliphatic rings. The van der Waals surface area contributed by atoms with Crippen LogP contribution in [-0.4, -0.2) is 5.92 Å². The van der Waals surface area contributed by atoms with Crippen molar-refractivity contribution in [3.63, 3.8) is 0 Å². The van der Waals surface area contributed by atoms with Crippen LogP contribution in [0.1, 0.15) is 89.8 Å². The van der Waals surface area contributed by atoms with Crippen LogP contribution in [0.4, 0.5) is 8.78 Å². The third-order valence-electron chi connectivity index (χ3n) is 5.31. The Labute approximate surface area is 181 Å². The largest absolute Gasteiger partial charge is 0.276 e. The minimum Gasteiger partial charge on any atom is -0.201 e. The van der Waals surface area contributed by atoms with Gasteiger partial charge >= 0.3 is 0 Å². The molecule has 0 amide bonds. The summed E-state index contributed by atoms with van der Waals surface area (Å²) < 4.78 is 27.6. The molecule has 0 N–H and O–H groups in total. The van der Waals surface area contributed by atoms with Crippen LogP contribution in [0.3, 0.4) is 0 Å². The summed E-state index contributed by atoms with van der Waals surface area (Å²) in [6.45, 7) is 17.5. The molecule has 0 radical (unpaired) electrons. The molecule has 0 heterocycles. The van der Waals surface area contributed by atoms with Crippen LogP contribution in [-0.2, 0) is 6.42 Å². The average molecular weight is 421 g/mol. The summed E-state index contributed by atoms with van der Waals surface area (Å²) in [7, 11) is 0. The average Bonchev–Trinajstić information content (AvgIpc) is 2.68. The lowest BCUT2D eigenvalue weighted by molar-refractivity contribution is 0.0730. The topological polar surface area (TPSA) is 0 Å². The van der Waals surface area contributed by atoms with Gasteiger partial charge in [-0.05, 0) is 60.4 Å². The molecule has 162 valence electrons. The van der Waals surface area contributed by atoms with Gasteiger partial charge in [-0.3, -0.25) is 0 Å². The molecule has 0 aromatic heterocycles. The highest BCUT2D eigenvalue weighted by Gasteiger charge is 2.28. The minimum atomic E-state index is -2.86. The first-order valence-corrected chi connectivity index (χ1v) is 11.7. The van der Waals surface area contributed by atoms with Crippen LogP contribution < -0.4 is 0 Å². The van der Waals surface area contributed by atoms with E-state index in [4.69, 9.17) is 0 Å². The van der Waals surface area contributed by atoms with Gasteiger partial charge in [0.25, 0.3) is 5.92 Å². The Morgan fingerprint density at radius 2 is 1.62 bits per heavy atom. The Balaban J connectivity index is 3.13. The second-order valence-corrected chi connectivity index (χ2v) is 9.06. The second kappa shape index (κ2) is 12.4. The number of hydrogen-bond donors (Lipinski definition) is 0. The Morgan fingerprint density at radius 3 is 2.10 bits per heavy atom. The summed E-state index contributed by atoms with van der Waals surface area (Å²) in [5.74, 6) is -2.11. The van der Waals surface area contributed by atoms with Crippen molar-refractivity contribution in [3.8, 4) is 0 Å². The molecule has 0 aliphatic carbocycles. The Morgan fingerprint density at radius 1 is 1.03 bits per heavy atom. The molecule has 0 spiro atoms. The van der Waals surface area contributed by atoms with Gasteiger partial charge in [0, 0.05) is 11.8 Å². The quantitative estimate of drug-likeness (QED) is 0.306. The lowest BCUT2D eigenvalue weighted by Crippen LogP contribution is -2.11. The maximum absolute atomic E-state index is 13.8. The summed E-state index contributed by atoms with van der Waals surface area (Å²) in [6.07, 6.45) is 9.47. The normalized spacial score (nSPS) is 12.5. The fourth-order valence-electron chi connectivity index (χ4n) is 3.62. The molecule has 0 fully saturated rings. The number of allylic oxidation sites excluding steroid dienone is 3. The van der Waals surface area contributed by atoms with E-state index in [0.29, 0.717) is 4.91 Å². The van der Waals surface area contributed by atoms with E-state index in [2.05, 4.69) is 46.1 Å². The van der Waals surface area contributed by atoms with Gasteiger partial charge in [0.05, 0.1) is 4.91 Å². The fourth-order valence-corrected chi connectivity index (χ4v) is 4.42. The molecule has 29 heavy (non-hydrogen) atoms. The monoisotopic (exact) mass is 420 g/mol. The molecule has 1 aromatic rings. The zero-order chi connectivity index (χ0) is 22.0. The van der Waals surface area contributed by atoms with E-state index in [-0.39, 0.29) is 4.91 Å². The molecule has 0 nitrogen and oxygen atoms in total. The first kappa shape index (κ1) is 25.7. The van der Waals surface area contributed by atoms with E-state index >= 15 is 0 Å². The van der Waals surface area contributed by atoms with Crippen molar-refractivity contribution < 1.29 is 8.78 Å². The summed E-state index contributed by atoms with van der Waals surface area (Å²) in [6, 6.07) is 6.38. The first-order chi connectivity index (χ1) is 13.7. The molecular formula is C26H38F2S. The van der Waals surface area contributed by atoms with Gasteiger partial charge in [-0.2, -0.15) is 0 Å². The molecule has 0 aliphatic heterocycles. The SMILES string of the molecule is C=C(CC)c1cc(CCC(CCC)CCC)cc(C(=C)S/C(=C\C)C(C)(F)F)c1. The van der Waals surface area contributed by atoms with E-state index < -0.39 is 5.92 Å². The number of benzene rings is 1. The van der Waals surface area contributed by atoms with E-state index in [1.54, 1.807) is 6.92 Å². The van der Waals surface area contributed by atoms with Gasteiger partial charge in [0.1, 0.15) is 0 Å². The van der Waals surface area contributed by atoms with Crippen molar-refractivity contribution in [3.05, 3.63) is 59.0 Å². The summed E-state index contributed by atoms with van der Waals surface area (Å²) in [4.78, 5) is 0.694. The van der Waals surface area contributed by atoms with E-state index in [9.17, 15) is 8.78 Å². The molecule has 1 rings (SSSR count). The molecular weight excluding hydrogens is 382 g/mol. The molecule has 0 saturated carbocycles. The Bertz CT molecular complexity index is 704. The van der Waals surface area contributed by atoms with Gasteiger partial charge in [0.15, 0.2) is 0 Å². The summed E-state index contributed by atoms with van der Waals surface area (Å²) in [5, 5.41) is 0. The summed E-state index contributed by atoms with van der Waals surface area (Å²) >= 11 is 1.07. The Kier molecular flexibility index (Phi) is 11.0. The van der Waals surface area contributed by atoms with Gasteiger partial charge in [0.2, 0.25) is 0 Å². The predicted molar refractivity (Wildman–Crippen MR) is 128 cm³/mol. The zero-order valence-corrected chi connectivity index (χ0v) is 19.7. The van der Waals surface area contributed by atoms with Gasteiger partial charge in [-0.1, -0.05) is 89.6 Å². The van der Waals surface area contributed by atoms with Crippen molar-refractivity contribution in [1.82, 2.24) is 0 Å². The maximum atomic E-state index is 13.8. The smallest absolute Gasteiger partial charge is 0.201 e. The molecule has 0 atom stereocenters.